The van der Waals surface area contributed by atoms with Gasteiger partial charge in [-0.2, -0.15) is 5.26 Å². The van der Waals surface area contributed by atoms with E-state index in [4.69, 9.17) is 9.47 Å². The molecule has 1 amide bonds. The molecule has 1 N–H and O–H groups in total. The van der Waals surface area contributed by atoms with Gasteiger partial charge in [0.25, 0.3) is 5.91 Å². The number of nitrogens with one attached hydrogen (secondary N) is 1. The van der Waals surface area contributed by atoms with Gasteiger partial charge in [0.2, 0.25) is 0 Å². The lowest BCUT2D eigenvalue weighted by Gasteiger charge is -2.14. The van der Waals surface area contributed by atoms with Gasteiger partial charge in [-0.15, -0.1) is 0 Å². The van der Waals surface area contributed by atoms with E-state index in [2.05, 4.69) is 27.3 Å². The summed E-state index contributed by atoms with van der Waals surface area (Å²) in [6.07, 6.45) is 1.53. The van der Waals surface area contributed by atoms with Gasteiger partial charge in [0, 0.05) is 10.2 Å². The summed E-state index contributed by atoms with van der Waals surface area (Å²) in [6.45, 7) is 6.73. The molecular formula is C27H25BrN2O3. The van der Waals surface area contributed by atoms with Crippen LogP contribution >= 0.6 is 15.9 Å². The van der Waals surface area contributed by atoms with Crippen molar-refractivity contribution in [3.05, 3.63) is 93.0 Å². The second kappa shape index (κ2) is 11.3. The van der Waals surface area contributed by atoms with E-state index in [1.165, 1.54) is 6.08 Å². The van der Waals surface area contributed by atoms with Crippen LogP contribution in [-0.2, 0) is 11.4 Å². The smallest absolute Gasteiger partial charge is 0.266 e. The molecule has 3 rings (SSSR count). The maximum atomic E-state index is 12.6. The Labute approximate surface area is 202 Å². The minimum absolute atomic E-state index is 0.0212. The highest BCUT2D eigenvalue weighted by Gasteiger charge is 2.14. The lowest BCUT2D eigenvalue weighted by molar-refractivity contribution is -0.112. The summed E-state index contributed by atoms with van der Waals surface area (Å²) in [5.41, 5.74) is 4.54. The monoisotopic (exact) mass is 504 g/mol. The van der Waals surface area contributed by atoms with E-state index in [-0.39, 0.29) is 5.57 Å². The summed E-state index contributed by atoms with van der Waals surface area (Å²) in [5.74, 6) is 0.631. The number of carbonyl (C=O) groups is 1. The minimum Gasteiger partial charge on any atom is -0.490 e. The Morgan fingerprint density at radius 3 is 2.42 bits per heavy atom. The first-order chi connectivity index (χ1) is 15.9. The molecule has 3 aromatic rings. The van der Waals surface area contributed by atoms with Crippen molar-refractivity contribution in [1.29, 1.82) is 5.26 Å². The number of benzene rings is 3. The number of anilines is 1. The molecule has 0 aliphatic heterocycles. The summed E-state index contributed by atoms with van der Waals surface area (Å²) in [6, 6.07) is 21.0. The van der Waals surface area contributed by atoms with Gasteiger partial charge in [0.05, 0.1) is 6.61 Å². The van der Waals surface area contributed by atoms with Crippen molar-refractivity contribution in [3.63, 3.8) is 0 Å². The number of nitriles is 1. The molecule has 0 fully saturated rings. The van der Waals surface area contributed by atoms with E-state index in [0.717, 1.165) is 16.7 Å². The third kappa shape index (κ3) is 6.71. The summed E-state index contributed by atoms with van der Waals surface area (Å²) in [7, 11) is 0. The van der Waals surface area contributed by atoms with Gasteiger partial charge in [0.1, 0.15) is 18.2 Å². The lowest BCUT2D eigenvalue weighted by atomic mass is 10.1. The number of aryl methyl sites for hydroxylation is 2. The number of nitrogens with zero attached hydrogens (tertiary/aromatic N) is 1. The first-order valence-electron chi connectivity index (χ1n) is 10.5. The van der Waals surface area contributed by atoms with Crippen molar-refractivity contribution in [2.45, 2.75) is 27.4 Å². The first-order valence-corrected chi connectivity index (χ1v) is 11.3. The number of ether oxygens (including phenoxy) is 2. The number of hydrogen-bond donors (Lipinski definition) is 1. The second-order valence-electron chi connectivity index (χ2n) is 7.52. The third-order valence-corrected chi connectivity index (χ3v) is 5.50. The molecule has 0 unspecified atom stereocenters. The van der Waals surface area contributed by atoms with Crippen LogP contribution in [0.5, 0.6) is 11.5 Å². The van der Waals surface area contributed by atoms with Crippen molar-refractivity contribution in [1.82, 2.24) is 0 Å². The molecule has 0 saturated heterocycles. The van der Waals surface area contributed by atoms with E-state index in [1.807, 2.05) is 57.2 Å². The minimum atomic E-state index is -0.481. The molecule has 5 nitrogen and oxygen atoms in total. The number of hydrogen-bond acceptors (Lipinski definition) is 4. The fourth-order valence-electron chi connectivity index (χ4n) is 3.15. The highest BCUT2D eigenvalue weighted by molar-refractivity contribution is 9.10. The average Bonchev–Trinajstić information content (AvgIpc) is 2.79. The lowest BCUT2D eigenvalue weighted by Crippen LogP contribution is -2.13. The molecule has 0 spiro atoms. The van der Waals surface area contributed by atoms with E-state index < -0.39 is 5.91 Å². The molecule has 3 aromatic carbocycles. The molecule has 0 radical (unpaired) electrons. The van der Waals surface area contributed by atoms with E-state index in [1.54, 1.807) is 24.3 Å². The standard InChI is InChI=1S/C27H25BrN2O3/c1-4-32-25-14-21(13-22(16-29)27(31)30-23-10-8-18(2)9-11-23)24(28)15-26(25)33-17-20-7-5-6-19(3)12-20/h5-15H,4,17H2,1-3H3,(H,30,31)/b22-13+. The average molecular weight is 505 g/mol. The Hall–Kier alpha value is -3.56. The highest BCUT2D eigenvalue weighted by Crippen LogP contribution is 2.35. The fraction of sp³-hybridized carbons (Fsp3) is 0.185. The van der Waals surface area contributed by atoms with Crippen molar-refractivity contribution >= 4 is 33.6 Å². The van der Waals surface area contributed by atoms with Crippen LogP contribution in [0.3, 0.4) is 0 Å². The topological polar surface area (TPSA) is 71.3 Å². The van der Waals surface area contributed by atoms with Crippen LogP contribution < -0.4 is 14.8 Å². The number of carbonyl (C=O) groups excluding carboxylic acids is 1. The first kappa shape index (κ1) is 24.1. The van der Waals surface area contributed by atoms with Crippen LogP contribution in [0.2, 0.25) is 0 Å². The Morgan fingerprint density at radius 2 is 1.76 bits per heavy atom. The largest absolute Gasteiger partial charge is 0.490 e. The van der Waals surface area contributed by atoms with Crippen molar-refractivity contribution in [2.24, 2.45) is 0 Å². The molecule has 0 heterocycles. The van der Waals surface area contributed by atoms with Crippen LogP contribution in [0, 0.1) is 25.2 Å². The molecule has 0 saturated carbocycles. The quantitative estimate of drug-likeness (QED) is 0.277. The van der Waals surface area contributed by atoms with Gasteiger partial charge in [-0.3, -0.25) is 4.79 Å². The van der Waals surface area contributed by atoms with Crippen LogP contribution in [0.4, 0.5) is 5.69 Å². The van der Waals surface area contributed by atoms with Gasteiger partial charge in [-0.1, -0.05) is 63.5 Å². The number of amides is 1. The molecule has 6 heteroatoms. The van der Waals surface area contributed by atoms with Crippen molar-refractivity contribution in [3.8, 4) is 17.6 Å². The van der Waals surface area contributed by atoms with Gasteiger partial charge in [-0.05, 0) is 62.2 Å². The molecule has 0 aromatic heterocycles. The second-order valence-corrected chi connectivity index (χ2v) is 8.38. The number of halogens is 1. The maximum Gasteiger partial charge on any atom is 0.266 e. The Kier molecular flexibility index (Phi) is 8.28. The van der Waals surface area contributed by atoms with Gasteiger partial charge >= 0.3 is 0 Å². The summed E-state index contributed by atoms with van der Waals surface area (Å²) in [4.78, 5) is 12.6. The van der Waals surface area contributed by atoms with Gasteiger partial charge in [-0.25, -0.2) is 0 Å². The van der Waals surface area contributed by atoms with Crippen molar-refractivity contribution < 1.29 is 14.3 Å². The molecule has 0 aliphatic rings. The van der Waals surface area contributed by atoms with Crippen LogP contribution in [-0.4, -0.2) is 12.5 Å². The normalized spacial score (nSPS) is 10.9. The third-order valence-electron chi connectivity index (χ3n) is 4.81. The van der Waals surface area contributed by atoms with Crippen LogP contribution in [0.1, 0.15) is 29.2 Å². The Balaban J connectivity index is 1.84. The van der Waals surface area contributed by atoms with E-state index in [9.17, 15) is 10.1 Å². The zero-order chi connectivity index (χ0) is 23.8. The van der Waals surface area contributed by atoms with Gasteiger partial charge in [0.15, 0.2) is 11.5 Å². The molecule has 168 valence electrons. The molecular weight excluding hydrogens is 480 g/mol. The Bertz CT molecular complexity index is 1210. The predicted molar refractivity (Wildman–Crippen MR) is 134 cm³/mol. The van der Waals surface area contributed by atoms with E-state index in [0.29, 0.717) is 40.4 Å². The molecule has 0 aliphatic carbocycles. The van der Waals surface area contributed by atoms with Crippen LogP contribution in [0.25, 0.3) is 6.08 Å². The SMILES string of the molecule is CCOc1cc(/C=C(\C#N)C(=O)Nc2ccc(C)cc2)c(Br)cc1OCc1cccc(C)c1. The summed E-state index contributed by atoms with van der Waals surface area (Å²) < 4.78 is 12.5. The Morgan fingerprint density at radius 1 is 1.03 bits per heavy atom. The number of rotatable bonds is 8. The zero-order valence-electron chi connectivity index (χ0n) is 18.8. The highest BCUT2D eigenvalue weighted by atomic mass is 79.9. The zero-order valence-corrected chi connectivity index (χ0v) is 20.4. The summed E-state index contributed by atoms with van der Waals surface area (Å²) >= 11 is 3.53. The summed E-state index contributed by atoms with van der Waals surface area (Å²) in [5, 5.41) is 12.3. The predicted octanol–water partition coefficient (Wildman–Crippen LogP) is 6.59. The van der Waals surface area contributed by atoms with E-state index >= 15 is 0 Å². The molecule has 0 bridgehead atoms. The fourth-order valence-corrected chi connectivity index (χ4v) is 3.58. The van der Waals surface area contributed by atoms with Gasteiger partial charge < -0.3 is 14.8 Å². The molecule has 0 atom stereocenters. The maximum absolute atomic E-state index is 12.6. The molecule has 33 heavy (non-hydrogen) atoms. The van der Waals surface area contributed by atoms with Crippen molar-refractivity contribution in [2.75, 3.05) is 11.9 Å². The van der Waals surface area contributed by atoms with Crippen LogP contribution in [0.15, 0.2) is 70.7 Å².